The van der Waals surface area contributed by atoms with Crippen molar-refractivity contribution >= 4 is 17.2 Å². The molecule has 4 rings (SSSR count). The van der Waals surface area contributed by atoms with E-state index in [2.05, 4.69) is 27.3 Å². The van der Waals surface area contributed by atoms with Crippen molar-refractivity contribution < 1.29 is 9.53 Å². The average Bonchev–Trinajstić information content (AvgIpc) is 3.30. The maximum Gasteiger partial charge on any atom is 0.249 e. The number of nitrogens with one attached hydrogen (secondary N) is 1. The summed E-state index contributed by atoms with van der Waals surface area (Å²) in [6.45, 7) is 2.56. The summed E-state index contributed by atoms with van der Waals surface area (Å²) in [6.07, 6.45) is 6.37. The monoisotopic (exact) mass is 357 g/mol. The minimum atomic E-state index is -0.304. The Labute approximate surface area is 152 Å². The molecule has 0 bridgehead atoms. The Hall–Kier alpha value is -1.76. The van der Waals surface area contributed by atoms with Gasteiger partial charge in [0, 0.05) is 36.4 Å². The zero-order valence-electron chi connectivity index (χ0n) is 14.1. The normalized spacial score (nSPS) is 26.3. The van der Waals surface area contributed by atoms with Gasteiger partial charge in [-0.25, -0.2) is 0 Å². The molecule has 1 amide bonds. The van der Waals surface area contributed by atoms with Crippen molar-refractivity contribution in [1.29, 1.82) is 0 Å². The summed E-state index contributed by atoms with van der Waals surface area (Å²) in [7, 11) is 0. The third-order valence-electron chi connectivity index (χ3n) is 5.11. The molecular formula is C19H23N3O2S. The van der Waals surface area contributed by atoms with E-state index in [1.165, 1.54) is 10.4 Å². The molecule has 1 N–H and O–H groups in total. The Kier molecular flexibility index (Phi) is 5.10. The Morgan fingerprint density at radius 2 is 2.16 bits per heavy atom. The lowest BCUT2D eigenvalue weighted by atomic mass is 9.98. The maximum atomic E-state index is 12.4. The van der Waals surface area contributed by atoms with Crippen LogP contribution in [0.3, 0.4) is 0 Å². The van der Waals surface area contributed by atoms with Gasteiger partial charge in [0.15, 0.2) is 0 Å². The van der Waals surface area contributed by atoms with Gasteiger partial charge in [-0.05, 0) is 48.4 Å². The first-order chi connectivity index (χ1) is 12.3. The van der Waals surface area contributed by atoms with Crippen molar-refractivity contribution in [3.63, 3.8) is 0 Å². The van der Waals surface area contributed by atoms with Crippen molar-refractivity contribution in [3.05, 3.63) is 52.5 Å². The van der Waals surface area contributed by atoms with Crippen LogP contribution in [0.25, 0.3) is 0 Å². The molecule has 5 nitrogen and oxygen atoms in total. The Bertz CT molecular complexity index is 692. The molecule has 132 valence electrons. The number of hydrogen-bond acceptors (Lipinski definition) is 5. The van der Waals surface area contributed by atoms with Crippen molar-refractivity contribution in [2.75, 3.05) is 6.54 Å². The number of nitrogens with zero attached hydrogens (tertiary/aromatic N) is 2. The molecule has 3 atom stereocenters. The van der Waals surface area contributed by atoms with E-state index in [4.69, 9.17) is 4.74 Å². The van der Waals surface area contributed by atoms with E-state index < -0.39 is 0 Å². The first-order valence-corrected chi connectivity index (χ1v) is 9.76. The zero-order valence-corrected chi connectivity index (χ0v) is 15.0. The van der Waals surface area contributed by atoms with Gasteiger partial charge >= 0.3 is 0 Å². The van der Waals surface area contributed by atoms with Crippen LogP contribution in [0, 0.1) is 0 Å². The van der Waals surface area contributed by atoms with E-state index in [0.717, 1.165) is 32.4 Å². The molecule has 0 spiro atoms. The molecule has 2 fully saturated rings. The van der Waals surface area contributed by atoms with E-state index in [9.17, 15) is 4.79 Å². The quantitative estimate of drug-likeness (QED) is 0.894. The molecule has 2 saturated heterocycles. The Morgan fingerprint density at radius 3 is 2.96 bits per heavy atom. The summed E-state index contributed by atoms with van der Waals surface area (Å²) < 4.78 is 6.15. The molecule has 2 aromatic rings. The van der Waals surface area contributed by atoms with Crippen molar-refractivity contribution in [3.8, 4) is 0 Å². The van der Waals surface area contributed by atoms with Crippen LogP contribution in [0.1, 0.15) is 29.7 Å². The van der Waals surface area contributed by atoms with Gasteiger partial charge in [-0.3, -0.25) is 14.7 Å². The molecule has 2 aliphatic rings. The standard InChI is InChI=1S/C19H23N3O2S/c23-19(21-12-15-2-1-11-25-15)18-4-3-16-17(24-18)7-10-22(16)13-14-5-8-20-9-6-14/h1-2,5-6,8-9,11,16-18H,3-4,7,10,12-13H2,(H,21,23)/t16-,17-,18+/m1/s1. The number of amides is 1. The average molecular weight is 357 g/mol. The van der Waals surface area contributed by atoms with Crippen LogP contribution >= 0.6 is 11.3 Å². The topological polar surface area (TPSA) is 54.5 Å². The first kappa shape index (κ1) is 16.7. The van der Waals surface area contributed by atoms with E-state index in [1.807, 2.05) is 29.9 Å². The molecular weight excluding hydrogens is 334 g/mol. The molecule has 0 unspecified atom stereocenters. The van der Waals surface area contributed by atoms with E-state index in [0.29, 0.717) is 12.6 Å². The molecule has 2 aromatic heterocycles. The Morgan fingerprint density at radius 1 is 1.28 bits per heavy atom. The zero-order chi connectivity index (χ0) is 17.1. The van der Waals surface area contributed by atoms with Crippen LogP contribution in [-0.4, -0.2) is 40.6 Å². The molecule has 0 aliphatic carbocycles. The van der Waals surface area contributed by atoms with Crippen molar-refractivity contribution in [2.24, 2.45) is 0 Å². The molecule has 0 radical (unpaired) electrons. The third kappa shape index (κ3) is 3.92. The predicted octanol–water partition coefficient (Wildman–Crippen LogP) is 2.58. The summed E-state index contributed by atoms with van der Waals surface area (Å²) >= 11 is 1.66. The van der Waals surface area contributed by atoms with Crippen LogP contribution in [-0.2, 0) is 22.6 Å². The Balaban J connectivity index is 1.30. The van der Waals surface area contributed by atoms with Crippen LogP contribution in [0.4, 0.5) is 0 Å². The fraction of sp³-hybridized carbons (Fsp3) is 0.474. The summed E-state index contributed by atoms with van der Waals surface area (Å²) in [6, 6.07) is 8.60. The number of rotatable bonds is 5. The fourth-order valence-electron chi connectivity index (χ4n) is 3.83. The van der Waals surface area contributed by atoms with Crippen LogP contribution in [0.15, 0.2) is 42.0 Å². The molecule has 2 aliphatic heterocycles. The molecule has 0 aromatic carbocycles. The van der Waals surface area contributed by atoms with E-state index >= 15 is 0 Å². The van der Waals surface area contributed by atoms with Crippen LogP contribution in [0.2, 0.25) is 0 Å². The summed E-state index contributed by atoms with van der Waals surface area (Å²) in [5, 5.41) is 5.04. The second-order valence-corrected chi connectivity index (χ2v) is 7.75. The smallest absolute Gasteiger partial charge is 0.249 e. The molecule has 0 saturated carbocycles. The van der Waals surface area contributed by atoms with Crippen molar-refractivity contribution in [2.45, 2.75) is 50.6 Å². The highest BCUT2D eigenvalue weighted by Crippen LogP contribution is 2.32. The number of carbonyl (C=O) groups is 1. The fourth-order valence-corrected chi connectivity index (χ4v) is 4.47. The van der Waals surface area contributed by atoms with Gasteiger partial charge in [0.05, 0.1) is 12.6 Å². The lowest BCUT2D eigenvalue weighted by molar-refractivity contribution is -0.144. The molecule has 6 heteroatoms. The minimum absolute atomic E-state index is 0.0273. The van der Waals surface area contributed by atoms with Gasteiger partial charge < -0.3 is 10.1 Å². The third-order valence-corrected chi connectivity index (χ3v) is 5.98. The largest absolute Gasteiger partial charge is 0.363 e. The van der Waals surface area contributed by atoms with Gasteiger partial charge in [-0.15, -0.1) is 11.3 Å². The maximum absolute atomic E-state index is 12.4. The summed E-state index contributed by atoms with van der Waals surface area (Å²) in [4.78, 5) is 20.1. The number of pyridine rings is 1. The number of carbonyl (C=O) groups excluding carboxylic acids is 1. The highest BCUT2D eigenvalue weighted by atomic mass is 32.1. The van der Waals surface area contributed by atoms with E-state index in [-0.39, 0.29) is 18.1 Å². The van der Waals surface area contributed by atoms with Gasteiger partial charge in [0.1, 0.15) is 6.10 Å². The SMILES string of the molecule is O=C(NCc1cccs1)[C@@H]1CC[C@@H]2[C@@H](CCN2Cc2ccncc2)O1. The number of likely N-dealkylation sites (tertiary alicyclic amines) is 1. The number of ether oxygens (including phenoxy) is 1. The number of fused-ring (bicyclic) bond motifs is 1. The molecule has 25 heavy (non-hydrogen) atoms. The van der Waals surface area contributed by atoms with Crippen molar-refractivity contribution in [1.82, 2.24) is 15.2 Å². The lowest BCUT2D eigenvalue weighted by Crippen LogP contribution is -2.47. The summed E-state index contributed by atoms with van der Waals surface area (Å²) in [5.41, 5.74) is 1.28. The van der Waals surface area contributed by atoms with Gasteiger partial charge in [-0.1, -0.05) is 6.07 Å². The van der Waals surface area contributed by atoms with Gasteiger partial charge in [0.2, 0.25) is 5.91 Å². The number of thiophene rings is 1. The van der Waals surface area contributed by atoms with Gasteiger partial charge in [0.25, 0.3) is 0 Å². The van der Waals surface area contributed by atoms with Gasteiger partial charge in [-0.2, -0.15) is 0 Å². The minimum Gasteiger partial charge on any atom is -0.363 e. The summed E-state index contributed by atoms with van der Waals surface area (Å²) in [5.74, 6) is 0.0273. The van der Waals surface area contributed by atoms with Crippen LogP contribution in [0.5, 0.6) is 0 Å². The predicted molar refractivity (Wildman–Crippen MR) is 97.1 cm³/mol. The number of aromatic nitrogens is 1. The van der Waals surface area contributed by atoms with Crippen LogP contribution < -0.4 is 5.32 Å². The van der Waals surface area contributed by atoms with E-state index in [1.54, 1.807) is 11.3 Å². The highest BCUT2D eigenvalue weighted by molar-refractivity contribution is 7.09. The highest BCUT2D eigenvalue weighted by Gasteiger charge is 2.41. The first-order valence-electron chi connectivity index (χ1n) is 8.88. The second-order valence-electron chi connectivity index (χ2n) is 6.72. The number of hydrogen-bond donors (Lipinski definition) is 1. The lowest BCUT2D eigenvalue weighted by Gasteiger charge is -2.35. The second kappa shape index (κ2) is 7.64. The molecule has 4 heterocycles.